The Labute approximate surface area is 159 Å². The minimum atomic E-state index is -0.879. The molecule has 0 spiro atoms. The lowest BCUT2D eigenvalue weighted by atomic mass is 9.84. The van der Waals surface area contributed by atoms with Gasteiger partial charge in [0.05, 0.1) is 12.2 Å². The van der Waals surface area contributed by atoms with Gasteiger partial charge in [0.25, 0.3) is 6.47 Å². The van der Waals surface area contributed by atoms with Crippen molar-refractivity contribution in [1.29, 1.82) is 0 Å². The number of rotatable bonds is 5. The highest BCUT2D eigenvalue weighted by Crippen LogP contribution is 2.38. The minimum absolute atomic E-state index is 0.282. The van der Waals surface area contributed by atoms with E-state index in [1.54, 1.807) is 19.9 Å². The summed E-state index contributed by atoms with van der Waals surface area (Å²) in [6.45, 7) is 6.03. The van der Waals surface area contributed by atoms with Gasteiger partial charge in [-0.15, -0.1) is 0 Å². The number of carbonyl (C=O) groups is 1. The van der Waals surface area contributed by atoms with Gasteiger partial charge in [0.15, 0.2) is 0 Å². The highest BCUT2D eigenvalue weighted by Gasteiger charge is 2.33. The maximum atomic E-state index is 13.2. The maximum Gasteiger partial charge on any atom is 0.293 e. The Kier molecular flexibility index (Phi) is 7.76. The third kappa shape index (κ3) is 5.77. The van der Waals surface area contributed by atoms with Gasteiger partial charge in [0, 0.05) is 5.56 Å². The van der Waals surface area contributed by atoms with Crippen LogP contribution in [0.4, 0.5) is 4.39 Å². The molecule has 0 bridgehead atoms. The van der Waals surface area contributed by atoms with E-state index < -0.39 is 5.60 Å². The van der Waals surface area contributed by atoms with Crippen molar-refractivity contribution in [3.63, 3.8) is 0 Å². The van der Waals surface area contributed by atoms with Gasteiger partial charge in [0.2, 0.25) is 0 Å². The molecule has 0 saturated carbocycles. The molecule has 2 aromatic rings. The average Bonchev–Trinajstić information content (AvgIpc) is 2.66. The number of aliphatic hydroxyl groups is 1. The Morgan fingerprint density at radius 1 is 1.19 bits per heavy atom. The van der Waals surface area contributed by atoms with Crippen molar-refractivity contribution in [2.75, 3.05) is 19.7 Å². The molecular formula is C21H26FNO4. The van der Waals surface area contributed by atoms with E-state index in [1.807, 2.05) is 24.3 Å². The molecule has 2 N–H and O–H groups in total. The molecule has 0 unspecified atom stereocenters. The zero-order valence-corrected chi connectivity index (χ0v) is 15.7. The first kappa shape index (κ1) is 20.9. The average molecular weight is 375 g/mol. The van der Waals surface area contributed by atoms with E-state index in [0.29, 0.717) is 37.4 Å². The van der Waals surface area contributed by atoms with Gasteiger partial charge < -0.3 is 19.9 Å². The summed E-state index contributed by atoms with van der Waals surface area (Å²) in [5, 5.41) is 14.2. The predicted octanol–water partition coefficient (Wildman–Crippen LogP) is 3.68. The fourth-order valence-corrected chi connectivity index (χ4v) is 2.96. The first-order valence-corrected chi connectivity index (χ1v) is 9.02. The molecule has 1 fully saturated rings. The Morgan fingerprint density at radius 3 is 2.48 bits per heavy atom. The molecule has 1 saturated heterocycles. The number of halogens is 1. The summed E-state index contributed by atoms with van der Waals surface area (Å²) in [6, 6.07) is 12.0. The molecule has 146 valence electrons. The van der Waals surface area contributed by atoms with Crippen molar-refractivity contribution in [3.8, 4) is 11.5 Å². The summed E-state index contributed by atoms with van der Waals surface area (Å²) < 4.78 is 23.3. The van der Waals surface area contributed by atoms with Crippen LogP contribution in [-0.4, -0.2) is 31.3 Å². The molecule has 0 radical (unpaired) electrons. The van der Waals surface area contributed by atoms with Crippen LogP contribution in [0.3, 0.4) is 0 Å². The smallest absolute Gasteiger partial charge is 0.293 e. The van der Waals surface area contributed by atoms with Gasteiger partial charge >= 0.3 is 0 Å². The summed E-state index contributed by atoms with van der Waals surface area (Å²) in [6.07, 6.45) is 1.30. The standard InChI is InChI=1S/C18H20FNO2.C3H6O2/c1-13-12-14(19)6-7-16(13)22-17-5-3-2-4-15(17)18(21)8-10-20-11-9-18;1-2-5-3-4/h2-7,12,20-21H,8-11H2,1H3;3H,2H2,1H3. The first-order valence-electron chi connectivity index (χ1n) is 9.02. The molecule has 5 nitrogen and oxygen atoms in total. The van der Waals surface area contributed by atoms with Crippen molar-refractivity contribution in [1.82, 2.24) is 5.32 Å². The van der Waals surface area contributed by atoms with Gasteiger partial charge in [-0.3, -0.25) is 4.79 Å². The van der Waals surface area contributed by atoms with Crippen molar-refractivity contribution >= 4 is 6.47 Å². The fraction of sp³-hybridized carbons (Fsp3) is 0.381. The molecule has 6 heteroatoms. The lowest BCUT2D eigenvalue weighted by Crippen LogP contribution is -2.39. The van der Waals surface area contributed by atoms with E-state index in [2.05, 4.69) is 10.1 Å². The number of piperidine rings is 1. The Bertz CT molecular complexity index is 745. The van der Waals surface area contributed by atoms with Gasteiger partial charge in [-0.25, -0.2) is 4.39 Å². The number of hydrogen-bond donors (Lipinski definition) is 2. The summed E-state index contributed by atoms with van der Waals surface area (Å²) in [7, 11) is 0. The second-order valence-corrected chi connectivity index (χ2v) is 6.34. The number of para-hydroxylation sites is 1. The summed E-state index contributed by atoms with van der Waals surface area (Å²) in [5.41, 5.74) is 0.641. The summed E-state index contributed by atoms with van der Waals surface area (Å²) in [4.78, 5) is 9.18. The summed E-state index contributed by atoms with van der Waals surface area (Å²) in [5.74, 6) is 0.947. The van der Waals surface area contributed by atoms with Crippen molar-refractivity contribution < 1.29 is 23.8 Å². The zero-order chi connectivity index (χ0) is 19.7. The fourth-order valence-electron chi connectivity index (χ4n) is 2.96. The van der Waals surface area contributed by atoms with E-state index in [0.717, 1.165) is 24.2 Å². The largest absolute Gasteiger partial charge is 0.468 e. The van der Waals surface area contributed by atoms with Crippen molar-refractivity contribution in [3.05, 3.63) is 59.4 Å². The van der Waals surface area contributed by atoms with E-state index in [-0.39, 0.29) is 5.82 Å². The van der Waals surface area contributed by atoms with Crippen molar-refractivity contribution in [2.45, 2.75) is 32.3 Å². The van der Waals surface area contributed by atoms with Crippen LogP contribution in [0.1, 0.15) is 30.9 Å². The van der Waals surface area contributed by atoms with Gasteiger partial charge in [0.1, 0.15) is 17.3 Å². The second kappa shape index (κ2) is 10.0. The molecule has 2 aromatic carbocycles. The second-order valence-electron chi connectivity index (χ2n) is 6.34. The Balaban J connectivity index is 0.000000465. The molecular weight excluding hydrogens is 349 g/mol. The molecule has 3 rings (SSSR count). The number of ether oxygens (including phenoxy) is 2. The summed E-state index contributed by atoms with van der Waals surface area (Å²) >= 11 is 0. The molecule has 1 aliphatic heterocycles. The molecule has 1 aliphatic rings. The van der Waals surface area contributed by atoms with Gasteiger partial charge in [-0.2, -0.15) is 0 Å². The highest BCUT2D eigenvalue weighted by atomic mass is 19.1. The molecule has 0 aromatic heterocycles. The van der Waals surface area contributed by atoms with Crippen LogP contribution in [0.15, 0.2) is 42.5 Å². The van der Waals surface area contributed by atoms with Crippen LogP contribution in [-0.2, 0) is 15.1 Å². The normalized spacial score (nSPS) is 15.3. The minimum Gasteiger partial charge on any atom is -0.468 e. The molecule has 27 heavy (non-hydrogen) atoms. The van der Waals surface area contributed by atoms with E-state index in [1.165, 1.54) is 12.1 Å². The first-order chi connectivity index (χ1) is 13.0. The number of benzene rings is 2. The van der Waals surface area contributed by atoms with E-state index in [9.17, 15) is 14.3 Å². The van der Waals surface area contributed by atoms with Gasteiger partial charge in [-0.05, 0) is 69.6 Å². The van der Waals surface area contributed by atoms with Crippen molar-refractivity contribution in [2.24, 2.45) is 0 Å². The topological polar surface area (TPSA) is 67.8 Å². The number of aryl methyl sites for hydroxylation is 1. The molecule has 1 heterocycles. The van der Waals surface area contributed by atoms with Crippen LogP contribution in [0.5, 0.6) is 11.5 Å². The maximum absolute atomic E-state index is 13.2. The highest BCUT2D eigenvalue weighted by molar-refractivity contribution is 5.43. The monoisotopic (exact) mass is 375 g/mol. The van der Waals surface area contributed by atoms with Crippen LogP contribution < -0.4 is 10.1 Å². The van der Waals surface area contributed by atoms with Crippen LogP contribution >= 0.6 is 0 Å². The molecule has 0 aliphatic carbocycles. The lowest BCUT2D eigenvalue weighted by Gasteiger charge is -2.34. The number of hydrogen-bond acceptors (Lipinski definition) is 5. The quantitative estimate of drug-likeness (QED) is 0.781. The molecule has 0 atom stereocenters. The third-order valence-corrected chi connectivity index (χ3v) is 4.41. The number of carbonyl (C=O) groups excluding carboxylic acids is 1. The van der Waals surface area contributed by atoms with Crippen LogP contribution in [0, 0.1) is 12.7 Å². The Morgan fingerprint density at radius 2 is 1.89 bits per heavy atom. The molecule has 0 amide bonds. The Hall–Kier alpha value is -2.44. The van der Waals surface area contributed by atoms with Crippen LogP contribution in [0.2, 0.25) is 0 Å². The zero-order valence-electron chi connectivity index (χ0n) is 15.7. The SMILES string of the molecule is CCOC=O.Cc1cc(F)ccc1Oc1ccccc1C1(O)CCNCC1. The van der Waals surface area contributed by atoms with E-state index >= 15 is 0 Å². The third-order valence-electron chi connectivity index (χ3n) is 4.41. The lowest BCUT2D eigenvalue weighted by molar-refractivity contribution is -0.128. The van der Waals surface area contributed by atoms with E-state index in [4.69, 9.17) is 4.74 Å². The predicted molar refractivity (Wildman–Crippen MR) is 101 cm³/mol. The number of nitrogens with one attached hydrogen (secondary N) is 1. The van der Waals surface area contributed by atoms with Crippen LogP contribution in [0.25, 0.3) is 0 Å². The van der Waals surface area contributed by atoms with Gasteiger partial charge in [-0.1, -0.05) is 18.2 Å².